The average molecular weight is 233 g/mol. The summed E-state index contributed by atoms with van der Waals surface area (Å²) in [5.74, 6) is -0.853. The first-order valence-corrected chi connectivity index (χ1v) is 5.63. The minimum absolute atomic E-state index is 0.390. The van der Waals surface area contributed by atoms with Gasteiger partial charge in [0, 0.05) is 18.7 Å². The zero-order valence-corrected chi connectivity index (χ0v) is 10.6. The minimum Gasteiger partial charge on any atom is -0.478 e. The van der Waals surface area contributed by atoms with Gasteiger partial charge in [0.15, 0.2) is 0 Å². The number of aryl methyl sites for hydroxylation is 1. The van der Waals surface area contributed by atoms with Crippen LogP contribution in [0.15, 0.2) is 35.9 Å². The van der Waals surface area contributed by atoms with Gasteiger partial charge in [0.1, 0.15) is 0 Å². The van der Waals surface area contributed by atoms with Crippen LogP contribution in [0.4, 0.5) is 0 Å². The molecule has 0 fully saturated rings. The molecule has 1 N–H and O–H groups in total. The van der Waals surface area contributed by atoms with Gasteiger partial charge in [-0.1, -0.05) is 35.9 Å². The van der Waals surface area contributed by atoms with Gasteiger partial charge in [0.25, 0.3) is 0 Å². The molecule has 17 heavy (non-hydrogen) atoms. The number of hydrogen-bond acceptors (Lipinski definition) is 2. The van der Waals surface area contributed by atoms with Crippen molar-refractivity contribution in [3.8, 4) is 0 Å². The molecule has 0 aliphatic carbocycles. The number of carboxylic acids is 1. The van der Waals surface area contributed by atoms with Gasteiger partial charge < -0.3 is 5.11 Å². The predicted octanol–water partition coefficient (Wildman–Crippen LogP) is 2.46. The third kappa shape index (κ3) is 4.83. The van der Waals surface area contributed by atoms with E-state index in [0.717, 1.165) is 6.54 Å². The SMILES string of the molecule is CC(=CCN(C)Cc1ccc(C)cc1)C(=O)O. The van der Waals surface area contributed by atoms with E-state index < -0.39 is 5.97 Å². The Labute approximate surface area is 102 Å². The van der Waals surface area contributed by atoms with Crippen LogP contribution in [0.1, 0.15) is 18.1 Å². The molecule has 0 aliphatic heterocycles. The van der Waals surface area contributed by atoms with Crippen LogP contribution >= 0.6 is 0 Å². The molecule has 1 aromatic carbocycles. The van der Waals surface area contributed by atoms with E-state index in [1.165, 1.54) is 11.1 Å². The fraction of sp³-hybridized carbons (Fsp3) is 0.357. The molecule has 1 aromatic rings. The Balaban J connectivity index is 2.50. The fourth-order valence-corrected chi connectivity index (χ4v) is 1.45. The molecule has 0 radical (unpaired) electrons. The highest BCUT2D eigenvalue weighted by molar-refractivity contribution is 5.85. The maximum atomic E-state index is 10.6. The predicted molar refractivity (Wildman–Crippen MR) is 68.9 cm³/mol. The molecule has 0 aliphatic rings. The van der Waals surface area contributed by atoms with Crippen LogP contribution in [0.25, 0.3) is 0 Å². The van der Waals surface area contributed by atoms with Gasteiger partial charge in [0.2, 0.25) is 0 Å². The number of nitrogens with zero attached hydrogens (tertiary/aromatic N) is 1. The largest absolute Gasteiger partial charge is 0.478 e. The van der Waals surface area contributed by atoms with Crippen molar-refractivity contribution in [3.63, 3.8) is 0 Å². The second-order valence-corrected chi connectivity index (χ2v) is 4.37. The van der Waals surface area contributed by atoms with Gasteiger partial charge in [0.05, 0.1) is 0 Å². The standard InChI is InChI=1S/C14H19NO2/c1-11-4-6-13(7-5-11)10-15(3)9-8-12(2)14(16)17/h4-8H,9-10H2,1-3H3,(H,16,17). The number of hydrogen-bond donors (Lipinski definition) is 1. The summed E-state index contributed by atoms with van der Waals surface area (Å²) in [5, 5.41) is 8.73. The molecule has 0 aromatic heterocycles. The van der Waals surface area contributed by atoms with Crippen LogP contribution in [0.2, 0.25) is 0 Å². The first-order chi connectivity index (χ1) is 7.99. The summed E-state index contributed by atoms with van der Waals surface area (Å²) in [5.41, 5.74) is 2.87. The first-order valence-electron chi connectivity index (χ1n) is 5.63. The van der Waals surface area contributed by atoms with Crippen LogP contribution in [-0.4, -0.2) is 29.6 Å². The van der Waals surface area contributed by atoms with Crippen molar-refractivity contribution in [1.82, 2.24) is 4.90 Å². The van der Waals surface area contributed by atoms with Crippen LogP contribution in [0, 0.1) is 6.92 Å². The molecule has 0 heterocycles. The number of rotatable bonds is 5. The van der Waals surface area contributed by atoms with E-state index in [0.29, 0.717) is 12.1 Å². The summed E-state index contributed by atoms with van der Waals surface area (Å²) >= 11 is 0. The number of carboxylic acid groups (broad SMARTS) is 1. The quantitative estimate of drug-likeness (QED) is 0.794. The zero-order valence-electron chi connectivity index (χ0n) is 10.6. The van der Waals surface area contributed by atoms with E-state index in [2.05, 4.69) is 36.1 Å². The Kier molecular flexibility index (Phi) is 4.91. The molecule has 3 heteroatoms. The molecule has 0 saturated heterocycles. The summed E-state index contributed by atoms with van der Waals surface area (Å²) in [4.78, 5) is 12.7. The molecule has 0 spiro atoms. The summed E-state index contributed by atoms with van der Waals surface area (Å²) in [6, 6.07) is 8.36. The number of benzene rings is 1. The molecule has 0 amide bonds. The maximum Gasteiger partial charge on any atom is 0.330 e. The molecule has 0 saturated carbocycles. The Morgan fingerprint density at radius 3 is 2.47 bits per heavy atom. The lowest BCUT2D eigenvalue weighted by molar-refractivity contribution is -0.132. The monoisotopic (exact) mass is 233 g/mol. The highest BCUT2D eigenvalue weighted by Crippen LogP contribution is 2.06. The van der Waals surface area contributed by atoms with E-state index in [9.17, 15) is 4.79 Å². The molecular weight excluding hydrogens is 214 g/mol. The molecule has 0 bridgehead atoms. The van der Waals surface area contributed by atoms with E-state index >= 15 is 0 Å². The molecule has 1 rings (SSSR count). The van der Waals surface area contributed by atoms with E-state index in [1.807, 2.05) is 7.05 Å². The van der Waals surface area contributed by atoms with Gasteiger partial charge in [-0.25, -0.2) is 4.79 Å². The Bertz CT molecular complexity index is 407. The van der Waals surface area contributed by atoms with Crippen molar-refractivity contribution >= 4 is 5.97 Å². The smallest absolute Gasteiger partial charge is 0.330 e. The summed E-state index contributed by atoms with van der Waals surface area (Å²) in [6.07, 6.45) is 1.73. The normalized spacial score (nSPS) is 11.9. The number of aliphatic carboxylic acids is 1. The van der Waals surface area contributed by atoms with Crippen molar-refractivity contribution < 1.29 is 9.90 Å². The summed E-state index contributed by atoms with van der Waals surface area (Å²) < 4.78 is 0. The fourth-order valence-electron chi connectivity index (χ4n) is 1.45. The summed E-state index contributed by atoms with van der Waals surface area (Å²) in [6.45, 7) is 5.14. The molecular formula is C14H19NO2. The van der Waals surface area contributed by atoms with Crippen molar-refractivity contribution in [2.24, 2.45) is 0 Å². The van der Waals surface area contributed by atoms with Gasteiger partial charge in [-0.05, 0) is 26.5 Å². The second-order valence-electron chi connectivity index (χ2n) is 4.37. The highest BCUT2D eigenvalue weighted by atomic mass is 16.4. The zero-order chi connectivity index (χ0) is 12.8. The van der Waals surface area contributed by atoms with Crippen LogP contribution in [0.3, 0.4) is 0 Å². The number of carbonyl (C=O) groups is 1. The van der Waals surface area contributed by atoms with Crippen LogP contribution in [0.5, 0.6) is 0 Å². The molecule has 0 unspecified atom stereocenters. The van der Waals surface area contributed by atoms with Crippen LogP contribution in [-0.2, 0) is 11.3 Å². The third-order valence-electron chi connectivity index (χ3n) is 2.62. The minimum atomic E-state index is -0.853. The number of likely N-dealkylation sites (N-methyl/N-ethyl adjacent to an activating group) is 1. The van der Waals surface area contributed by atoms with Crippen molar-refractivity contribution in [3.05, 3.63) is 47.0 Å². The van der Waals surface area contributed by atoms with Gasteiger partial charge in [-0.15, -0.1) is 0 Å². The Morgan fingerprint density at radius 2 is 1.94 bits per heavy atom. The second kappa shape index (κ2) is 6.21. The molecule has 3 nitrogen and oxygen atoms in total. The van der Waals surface area contributed by atoms with Crippen LogP contribution < -0.4 is 0 Å². The highest BCUT2D eigenvalue weighted by Gasteiger charge is 2.02. The maximum absolute atomic E-state index is 10.6. The van der Waals surface area contributed by atoms with Crippen molar-refractivity contribution in [2.75, 3.05) is 13.6 Å². The molecule has 0 atom stereocenters. The van der Waals surface area contributed by atoms with E-state index in [1.54, 1.807) is 13.0 Å². The lowest BCUT2D eigenvalue weighted by Crippen LogP contribution is -2.18. The van der Waals surface area contributed by atoms with E-state index in [4.69, 9.17) is 5.11 Å². The van der Waals surface area contributed by atoms with Crippen molar-refractivity contribution in [2.45, 2.75) is 20.4 Å². The lowest BCUT2D eigenvalue weighted by Gasteiger charge is -2.14. The third-order valence-corrected chi connectivity index (χ3v) is 2.62. The van der Waals surface area contributed by atoms with Gasteiger partial charge in [-0.2, -0.15) is 0 Å². The van der Waals surface area contributed by atoms with Crippen molar-refractivity contribution in [1.29, 1.82) is 0 Å². The van der Waals surface area contributed by atoms with Gasteiger partial charge >= 0.3 is 5.97 Å². The Hall–Kier alpha value is -1.61. The van der Waals surface area contributed by atoms with Gasteiger partial charge in [-0.3, -0.25) is 4.90 Å². The first kappa shape index (κ1) is 13.5. The average Bonchev–Trinajstić information content (AvgIpc) is 2.29. The topological polar surface area (TPSA) is 40.5 Å². The Morgan fingerprint density at radius 1 is 1.35 bits per heavy atom. The lowest BCUT2D eigenvalue weighted by atomic mass is 10.1. The molecule has 92 valence electrons. The summed E-state index contributed by atoms with van der Waals surface area (Å²) in [7, 11) is 1.98. The van der Waals surface area contributed by atoms with E-state index in [-0.39, 0.29) is 0 Å².